The normalized spacial score (nSPS) is 37.4. The van der Waals surface area contributed by atoms with Crippen molar-refractivity contribution in [2.45, 2.75) is 64.5 Å². The Labute approximate surface area is 110 Å². The number of hydrogen-bond donors (Lipinski definition) is 1. The summed E-state index contributed by atoms with van der Waals surface area (Å²) in [5.41, 5.74) is 0.417. The average Bonchev–Trinajstić information content (AvgIpc) is 3.12. The SMILES string of the molecule is CCC1(CC)CCN(C(=O)C2CC3CCC2N3)C1. The van der Waals surface area contributed by atoms with Gasteiger partial charge in [-0.05, 0) is 43.9 Å². The standard InChI is InChI=1S/C15H26N2O/c1-3-15(4-2)7-8-17(10-15)14(18)12-9-11-5-6-13(12)16-11/h11-13,16H,3-10H2,1-2H3. The molecule has 3 saturated heterocycles. The van der Waals surface area contributed by atoms with Crippen molar-refractivity contribution in [2.75, 3.05) is 13.1 Å². The molecule has 0 aromatic heterocycles. The maximum Gasteiger partial charge on any atom is 0.227 e. The monoisotopic (exact) mass is 250 g/mol. The molecular weight excluding hydrogens is 224 g/mol. The molecule has 0 aromatic rings. The van der Waals surface area contributed by atoms with Crippen LogP contribution in [0.1, 0.15) is 52.4 Å². The number of carbonyl (C=O) groups excluding carboxylic acids is 1. The van der Waals surface area contributed by atoms with Crippen LogP contribution in [0.15, 0.2) is 0 Å². The van der Waals surface area contributed by atoms with Gasteiger partial charge in [-0.3, -0.25) is 4.79 Å². The van der Waals surface area contributed by atoms with Crippen LogP contribution in [0.4, 0.5) is 0 Å². The lowest BCUT2D eigenvalue weighted by Gasteiger charge is -2.29. The number of nitrogens with one attached hydrogen (secondary N) is 1. The van der Waals surface area contributed by atoms with Crippen LogP contribution in [0.3, 0.4) is 0 Å². The van der Waals surface area contributed by atoms with Gasteiger partial charge in [0.15, 0.2) is 0 Å². The fraction of sp³-hybridized carbons (Fsp3) is 0.933. The van der Waals surface area contributed by atoms with E-state index < -0.39 is 0 Å². The van der Waals surface area contributed by atoms with Crippen molar-refractivity contribution < 1.29 is 4.79 Å². The first-order valence-electron chi connectivity index (χ1n) is 7.72. The summed E-state index contributed by atoms with van der Waals surface area (Å²) in [5, 5.41) is 3.58. The first kappa shape index (κ1) is 12.5. The van der Waals surface area contributed by atoms with Gasteiger partial charge in [0.25, 0.3) is 0 Å². The summed E-state index contributed by atoms with van der Waals surface area (Å²) in [6.07, 6.45) is 7.21. The van der Waals surface area contributed by atoms with Crippen molar-refractivity contribution in [3.63, 3.8) is 0 Å². The van der Waals surface area contributed by atoms with E-state index in [0.717, 1.165) is 19.5 Å². The molecule has 3 fully saturated rings. The Morgan fingerprint density at radius 3 is 2.61 bits per heavy atom. The van der Waals surface area contributed by atoms with E-state index in [1.807, 2.05) is 0 Å². The fourth-order valence-corrected chi connectivity index (χ4v) is 4.28. The summed E-state index contributed by atoms with van der Waals surface area (Å²) in [6, 6.07) is 1.12. The Morgan fingerprint density at radius 2 is 2.11 bits per heavy atom. The number of fused-ring (bicyclic) bond motifs is 2. The minimum absolute atomic E-state index is 0.285. The number of rotatable bonds is 3. The van der Waals surface area contributed by atoms with Crippen LogP contribution in [-0.4, -0.2) is 36.0 Å². The molecule has 1 amide bonds. The number of amides is 1. The van der Waals surface area contributed by atoms with Gasteiger partial charge in [0, 0.05) is 25.2 Å². The van der Waals surface area contributed by atoms with Gasteiger partial charge >= 0.3 is 0 Å². The van der Waals surface area contributed by atoms with E-state index >= 15 is 0 Å². The van der Waals surface area contributed by atoms with Gasteiger partial charge in [-0.1, -0.05) is 13.8 Å². The Hall–Kier alpha value is -0.570. The van der Waals surface area contributed by atoms with Gasteiger partial charge in [0.2, 0.25) is 5.91 Å². The Balaban J connectivity index is 1.64. The van der Waals surface area contributed by atoms with Crippen molar-refractivity contribution in [3.8, 4) is 0 Å². The van der Waals surface area contributed by atoms with Gasteiger partial charge in [0.05, 0.1) is 5.92 Å². The average molecular weight is 250 g/mol. The molecule has 3 nitrogen and oxygen atoms in total. The van der Waals surface area contributed by atoms with E-state index in [0.29, 0.717) is 23.4 Å². The summed E-state index contributed by atoms with van der Waals surface area (Å²) >= 11 is 0. The molecule has 18 heavy (non-hydrogen) atoms. The Bertz CT molecular complexity index is 337. The molecule has 0 aliphatic carbocycles. The molecule has 3 aliphatic heterocycles. The predicted octanol–water partition coefficient (Wildman–Crippen LogP) is 2.17. The van der Waals surface area contributed by atoms with Crippen molar-refractivity contribution >= 4 is 5.91 Å². The largest absolute Gasteiger partial charge is 0.342 e. The molecule has 0 radical (unpaired) electrons. The first-order chi connectivity index (χ1) is 8.67. The van der Waals surface area contributed by atoms with E-state index in [4.69, 9.17) is 0 Å². The summed E-state index contributed by atoms with van der Waals surface area (Å²) in [7, 11) is 0. The Morgan fingerprint density at radius 1 is 1.33 bits per heavy atom. The highest BCUT2D eigenvalue weighted by molar-refractivity contribution is 5.80. The third-order valence-corrected chi connectivity index (χ3v) is 5.87. The second-order valence-electron chi connectivity index (χ2n) is 6.61. The van der Waals surface area contributed by atoms with Gasteiger partial charge in [-0.2, -0.15) is 0 Å². The number of nitrogens with zero attached hydrogens (tertiary/aromatic N) is 1. The first-order valence-corrected chi connectivity index (χ1v) is 7.72. The summed E-state index contributed by atoms with van der Waals surface area (Å²) < 4.78 is 0. The van der Waals surface area contributed by atoms with Crippen LogP contribution in [0.5, 0.6) is 0 Å². The zero-order valence-electron chi connectivity index (χ0n) is 11.7. The van der Waals surface area contributed by atoms with Crippen LogP contribution < -0.4 is 5.32 Å². The second kappa shape index (κ2) is 4.52. The lowest BCUT2D eigenvalue weighted by Crippen LogP contribution is -2.40. The highest BCUT2D eigenvalue weighted by Crippen LogP contribution is 2.40. The summed E-state index contributed by atoms with van der Waals surface area (Å²) in [5.74, 6) is 0.728. The highest BCUT2D eigenvalue weighted by atomic mass is 16.2. The molecule has 1 N–H and O–H groups in total. The summed E-state index contributed by atoms with van der Waals surface area (Å²) in [4.78, 5) is 14.8. The minimum Gasteiger partial charge on any atom is -0.342 e. The number of carbonyl (C=O) groups is 1. The van der Waals surface area contributed by atoms with E-state index in [-0.39, 0.29) is 5.92 Å². The highest BCUT2D eigenvalue weighted by Gasteiger charge is 2.46. The second-order valence-corrected chi connectivity index (χ2v) is 6.61. The summed E-state index contributed by atoms with van der Waals surface area (Å²) in [6.45, 7) is 6.55. The van der Waals surface area contributed by atoms with Crippen LogP contribution in [-0.2, 0) is 4.79 Å². The molecule has 3 heteroatoms. The van der Waals surface area contributed by atoms with Gasteiger partial charge < -0.3 is 10.2 Å². The zero-order chi connectivity index (χ0) is 12.8. The maximum absolute atomic E-state index is 12.6. The lowest BCUT2D eigenvalue weighted by atomic mass is 9.82. The van der Waals surface area contributed by atoms with Crippen LogP contribution in [0, 0.1) is 11.3 Å². The van der Waals surface area contributed by atoms with E-state index in [2.05, 4.69) is 24.1 Å². The smallest absolute Gasteiger partial charge is 0.227 e. The lowest BCUT2D eigenvalue weighted by molar-refractivity contribution is -0.135. The fourth-order valence-electron chi connectivity index (χ4n) is 4.28. The van der Waals surface area contributed by atoms with E-state index in [1.165, 1.54) is 32.1 Å². The molecule has 3 rings (SSSR count). The topological polar surface area (TPSA) is 32.3 Å². The predicted molar refractivity (Wildman–Crippen MR) is 72.3 cm³/mol. The molecule has 102 valence electrons. The quantitative estimate of drug-likeness (QED) is 0.832. The zero-order valence-corrected chi connectivity index (χ0v) is 11.7. The maximum atomic E-state index is 12.6. The third-order valence-electron chi connectivity index (χ3n) is 5.87. The minimum atomic E-state index is 0.285. The van der Waals surface area contributed by atoms with Crippen molar-refractivity contribution in [2.24, 2.45) is 11.3 Å². The van der Waals surface area contributed by atoms with Crippen molar-refractivity contribution in [1.29, 1.82) is 0 Å². The van der Waals surface area contributed by atoms with Crippen molar-refractivity contribution in [1.82, 2.24) is 10.2 Å². The molecule has 3 atom stereocenters. The van der Waals surface area contributed by atoms with E-state index in [9.17, 15) is 4.79 Å². The molecule has 2 bridgehead atoms. The number of hydrogen-bond acceptors (Lipinski definition) is 2. The number of likely N-dealkylation sites (tertiary alicyclic amines) is 1. The van der Waals surface area contributed by atoms with Crippen LogP contribution in [0.2, 0.25) is 0 Å². The molecule has 3 heterocycles. The van der Waals surface area contributed by atoms with Crippen molar-refractivity contribution in [3.05, 3.63) is 0 Å². The molecule has 0 saturated carbocycles. The van der Waals surface area contributed by atoms with E-state index in [1.54, 1.807) is 0 Å². The molecule has 0 aromatic carbocycles. The van der Waals surface area contributed by atoms with Gasteiger partial charge in [-0.15, -0.1) is 0 Å². The molecular formula is C15H26N2O. The van der Waals surface area contributed by atoms with Crippen LogP contribution in [0.25, 0.3) is 0 Å². The third kappa shape index (κ3) is 1.87. The van der Waals surface area contributed by atoms with Gasteiger partial charge in [0.1, 0.15) is 0 Å². The molecule has 3 aliphatic rings. The molecule has 0 spiro atoms. The van der Waals surface area contributed by atoms with Gasteiger partial charge in [-0.25, -0.2) is 0 Å². The van der Waals surface area contributed by atoms with Crippen LogP contribution >= 0.6 is 0 Å². The Kier molecular flexibility index (Phi) is 3.13. The molecule has 3 unspecified atom stereocenters.